The predicted molar refractivity (Wildman–Crippen MR) is 59.2 cm³/mol. The first-order valence-electron chi connectivity index (χ1n) is 4.12. The Morgan fingerprint density at radius 2 is 2.19 bits per heavy atom. The molecular weight excluding hydrogens is 298 g/mol. The summed E-state index contributed by atoms with van der Waals surface area (Å²) in [6, 6.07) is 2.85. The van der Waals surface area contributed by atoms with Gasteiger partial charge < -0.3 is 4.52 Å². The number of halogens is 1. The molecule has 0 fully saturated rings. The molecule has 0 unspecified atom stereocenters. The quantitative estimate of drug-likeness (QED) is 0.931. The van der Waals surface area contributed by atoms with Gasteiger partial charge in [-0.3, -0.25) is 9.71 Å². The van der Waals surface area contributed by atoms with E-state index in [4.69, 9.17) is 0 Å². The Morgan fingerprint density at radius 3 is 2.81 bits per heavy atom. The van der Waals surface area contributed by atoms with Crippen molar-refractivity contribution in [2.75, 3.05) is 4.72 Å². The van der Waals surface area contributed by atoms with Crippen molar-refractivity contribution >= 4 is 31.8 Å². The maximum atomic E-state index is 11.8. The second-order valence-electron chi connectivity index (χ2n) is 2.83. The molecule has 6 nitrogen and oxygen atoms in total. The van der Waals surface area contributed by atoms with E-state index < -0.39 is 10.0 Å². The van der Waals surface area contributed by atoms with Gasteiger partial charge in [-0.1, -0.05) is 5.16 Å². The molecule has 0 radical (unpaired) electrons. The Morgan fingerprint density at radius 1 is 1.38 bits per heavy atom. The van der Waals surface area contributed by atoms with Crippen LogP contribution in [0.25, 0.3) is 0 Å². The minimum atomic E-state index is -3.67. The summed E-state index contributed by atoms with van der Waals surface area (Å²) in [6.07, 6.45) is 4.01. The Kier molecular flexibility index (Phi) is 2.92. The van der Waals surface area contributed by atoms with Gasteiger partial charge in [-0.05, 0) is 22.0 Å². The van der Waals surface area contributed by atoms with E-state index in [1.807, 2.05) is 0 Å². The lowest BCUT2D eigenvalue weighted by Gasteiger charge is -2.04. The maximum Gasteiger partial charge on any atom is 0.264 e. The third-order valence-electron chi connectivity index (χ3n) is 1.67. The Bertz CT molecular complexity index is 582. The molecule has 0 spiro atoms. The van der Waals surface area contributed by atoms with E-state index in [0.29, 0.717) is 4.47 Å². The molecule has 2 rings (SSSR count). The molecule has 16 heavy (non-hydrogen) atoms. The summed E-state index contributed by atoms with van der Waals surface area (Å²) in [6.45, 7) is 0. The van der Waals surface area contributed by atoms with Crippen molar-refractivity contribution in [1.82, 2.24) is 10.1 Å². The van der Waals surface area contributed by atoms with Crippen LogP contribution < -0.4 is 4.72 Å². The molecule has 0 bridgehead atoms. The summed E-state index contributed by atoms with van der Waals surface area (Å²) >= 11 is 3.14. The Balaban J connectivity index is 2.33. The minimum absolute atomic E-state index is 0.0462. The van der Waals surface area contributed by atoms with Crippen molar-refractivity contribution < 1.29 is 12.9 Å². The average Bonchev–Trinajstić information content (AvgIpc) is 2.70. The smallest absolute Gasteiger partial charge is 0.264 e. The fourth-order valence-electron chi connectivity index (χ4n) is 1.00. The number of hydrogen-bond acceptors (Lipinski definition) is 5. The lowest BCUT2D eigenvalue weighted by Crippen LogP contribution is -2.13. The maximum absolute atomic E-state index is 11.8. The normalized spacial score (nSPS) is 11.3. The van der Waals surface area contributed by atoms with E-state index in [0.717, 1.165) is 0 Å². The number of nitrogens with zero attached hydrogens (tertiary/aromatic N) is 2. The summed E-state index contributed by atoms with van der Waals surface area (Å²) < 4.78 is 30.9. The van der Waals surface area contributed by atoms with Crippen LogP contribution in [0.15, 0.2) is 44.7 Å². The molecule has 0 atom stereocenters. The van der Waals surface area contributed by atoms with Gasteiger partial charge in [0.15, 0.2) is 5.82 Å². The molecule has 0 aliphatic heterocycles. The molecule has 2 heterocycles. The van der Waals surface area contributed by atoms with Crippen molar-refractivity contribution in [3.8, 4) is 0 Å². The first-order chi connectivity index (χ1) is 7.58. The number of pyridine rings is 1. The fourth-order valence-corrected chi connectivity index (χ4v) is 2.50. The first kappa shape index (κ1) is 11.1. The van der Waals surface area contributed by atoms with Crippen molar-refractivity contribution in [2.24, 2.45) is 0 Å². The largest absolute Gasteiger partial charge is 0.363 e. The Labute approximate surface area is 99.9 Å². The van der Waals surface area contributed by atoms with Crippen molar-refractivity contribution in [1.29, 1.82) is 0 Å². The lowest BCUT2D eigenvalue weighted by atomic mass is 10.5. The van der Waals surface area contributed by atoms with Gasteiger partial charge in [0.2, 0.25) is 0 Å². The van der Waals surface area contributed by atoms with Gasteiger partial charge in [0.25, 0.3) is 10.0 Å². The molecule has 0 aromatic carbocycles. The van der Waals surface area contributed by atoms with Gasteiger partial charge in [0.05, 0.1) is 0 Å². The summed E-state index contributed by atoms with van der Waals surface area (Å²) in [7, 11) is -3.67. The number of hydrogen-bond donors (Lipinski definition) is 1. The zero-order valence-corrected chi connectivity index (χ0v) is 10.2. The van der Waals surface area contributed by atoms with Crippen molar-refractivity contribution in [3.63, 3.8) is 0 Å². The van der Waals surface area contributed by atoms with Gasteiger partial charge in [-0.25, -0.2) is 8.42 Å². The fraction of sp³-hybridized carbons (Fsp3) is 0. The van der Waals surface area contributed by atoms with Crippen LogP contribution in [-0.2, 0) is 10.0 Å². The van der Waals surface area contributed by atoms with Crippen LogP contribution in [0.2, 0.25) is 0 Å². The molecule has 0 saturated carbocycles. The third-order valence-corrected chi connectivity index (χ3v) is 3.42. The first-order valence-corrected chi connectivity index (χ1v) is 6.39. The van der Waals surface area contributed by atoms with Crippen LogP contribution in [0.5, 0.6) is 0 Å². The second-order valence-corrected chi connectivity index (χ2v) is 5.43. The molecular formula is C8H6BrN3O3S. The highest BCUT2D eigenvalue weighted by Gasteiger charge is 2.16. The highest BCUT2D eigenvalue weighted by atomic mass is 79.9. The molecule has 0 aliphatic carbocycles. The van der Waals surface area contributed by atoms with E-state index in [2.05, 4.69) is 35.3 Å². The van der Waals surface area contributed by atoms with Crippen molar-refractivity contribution in [2.45, 2.75) is 4.90 Å². The monoisotopic (exact) mass is 303 g/mol. The van der Waals surface area contributed by atoms with E-state index >= 15 is 0 Å². The summed E-state index contributed by atoms with van der Waals surface area (Å²) in [4.78, 5) is 3.82. The molecule has 8 heteroatoms. The average molecular weight is 304 g/mol. The van der Waals surface area contributed by atoms with Gasteiger partial charge in [0.1, 0.15) is 11.2 Å². The number of rotatable bonds is 3. The minimum Gasteiger partial charge on any atom is -0.363 e. The summed E-state index contributed by atoms with van der Waals surface area (Å²) in [5.74, 6) is 0.125. The second kappa shape index (κ2) is 4.22. The van der Waals surface area contributed by atoms with E-state index in [1.165, 1.54) is 30.8 Å². The van der Waals surface area contributed by atoms with Crippen LogP contribution in [0.1, 0.15) is 0 Å². The number of aromatic nitrogens is 2. The molecule has 1 N–H and O–H groups in total. The molecule has 84 valence electrons. The number of nitrogens with one attached hydrogen (secondary N) is 1. The predicted octanol–water partition coefficient (Wildman–Crippen LogP) is 1.63. The van der Waals surface area contributed by atoms with E-state index in [9.17, 15) is 8.42 Å². The number of anilines is 1. The van der Waals surface area contributed by atoms with Crippen LogP contribution in [0, 0.1) is 0 Å². The van der Waals surface area contributed by atoms with Crippen LogP contribution in [0.4, 0.5) is 5.82 Å². The molecule has 2 aromatic heterocycles. The molecule has 0 saturated heterocycles. The molecule has 2 aromatic rings. The number of sulfonamides is 1. The lowest BCUT2D eigenvalue weighted by molar-refractivity contribution is 0.423. The van der Waals surface area contributed by atoms with E-state index in [1.54, 1.807) is 0 Å². The van der Waals surface area contributed by atoms with E-state index in [-0.39, 0.29) is 10.7 Å². The zero-order valence-electron chi connectivity index (χ0n) is 7.79. The van der Waals surface area contributed by atoms with Gasteiger partial charge in [0, 0.05) is 22.9 Å². The highest BCUT2D eigenvalue weighted by molar-refractivity contribution is 9.10. The van der Waals surface area contributed by atoms with Crippen molar-refractivity contribution in [3.05, 3.63) is 35.3 Å². The zero-order chi connectivity index (χ0) is 11.6. The SMILES string of the molecule is O=S(=O)(Nc1ccon1)c1cncc(Br)c1. The third kappa shape index (κ3) is 2.39. The Hall–Kier alpha value is -1.41. The van der Waals surface area contributed by atoms with Crippen LogP contribution >= 0.6 is 15.9 Å². The molecule has 0 aliphatic rings. The van der Waals surface area contributed by atoms with Crippen LogP contribution in [0.3, 0.4) is 0 Å². The standard InChI is InChI=1S/C8H6BrN3O3S/c9-6-3-7(5-10-4-6)16(13,14)12-8-1-2-15-11-8/h1-5H,(H,11,12). The summed E-state index contributed by atoms with van der Waals surface area (Å²) in [5.41, 5.74) is 0. The van der Waals surface area contributed by atoms with Gasteiger partial charge >= 0.3 is 0 Å². The van der Waals surface area contributed by atoms with Gasteiger partial charge in [-0.15, -0.1) is 0 Å². The van der Waals surface area contributed by atoms with Gasteiger partial charge in [-0.2, -0.15) is 0 Å². The van der Waals surface area contributed by atoms with Crippen LogP contribution in [-0.4, -0.2) is 18.6 Å². The molecule has 0 amide bonds. The highest BCUT2D eigenvalue weighted by Crippen LogP contribution is 2.17. The topological polar surface area (TPSA) is 85.1 Å². The summed E-state index contributed by atoms with van der Waals surface area (Å²) in [5, 5.41) is 3.45.